The summed E-state index contributed by atoms with van der Waals surface area (Å²) < 4.78 is 0. The van der Waals surface area contributed by atoms with Gasteiger partial charge in [-0.1, -0.05) is 6.08 Å². The predicted molar refractivity (Wildman–Crippen MR) is 111 cm³/mol. The summed E-state index contributed by atoms with van der Waals surface area (Å²) >= 11 is 0. The van der Waals surface area contributed by atoms with E-state index in [2.05, 4.69) is 26.3 Å². The molecule has 0 radical (unpaired) electrons. The molecule has 1 amide bonds. The molecule has 0 atom stereocenters. The third kappa shape index (κ3) is 5.60. The van der Waals surface area contributed by atoms with E-state index in [9.17, 15) is 4.79 Å². The van der Waals surface area contributed by atoms with Crippen LogP contribution in [0, 0.1) is 6.92 Å². The van der Waals surface area contributed by atoms with E-state index in [4.69, 9.17) is 0 Å². The van der Waals surface area contributed by atoms with E-state index in [0.717, 1.165) is 55.1 Å². The number of hydrogen-bond acceptors (Lipinski definition) is 6. The summed E-state index contributed by atoms with van der Waals surface area (Å²) in [5.74, 6) is 0.854. The zero-order valence-corrected chi connectivity index (χ0v) is 16.8. The normalized spacial score (nSPS) is 15.4. The minimum atomic E-state index is 0.100. The van der Waals surface area contributed by atoms with Gasteiger partial charge in [-0.25, -0.2) is 9.97 Å². The molecule has 1 aliphatic heterocycles. The van der Waals surface area contributed by atoms with E-state index in [-0.39, 0.29) is 5.91 Å². The first-order valence-corrected chi connectivity index (χ1v) is 9.62. The first-order valence-electron chi connectivity index (χ1n) is 9.62. The molecule has 0 spiro atoms. The van der Waals surface area contributed by atoms with Crippen molar-refractivity contribution in [1.82, 2.24) is 24.8 Å². The van der Waals surface area contributed by atoms with Crippen LogP contribution in [0.15, 0.2) is 43.0 Å². The minimum Gasteiger partial charge on any atom is -0.381 e. The number of aryl methyl sites for hydroxylation is 1. The van der Waals surface area contributed by atoms with Crippen molar-refractivity contribution in [1.29, 1.82) is 0 Å². The van der Waals surface area contributed by atoms with Crippen molar-refractivity contribution >= 4 is 11.6 Å². The topological polar surface area (TPSA) is 74.2 Å². The molecule has 1 aliphatic rings. The highest BCUT2D eigenvalue weighted by atomic mass is 16.2. The number of nitrogens with zero attached hydrogens (tertiary/aromatic N) is 5. The lowest BCUT2D eigenvalue weighted by Crippen LogP contribution is -2.41. The van der Waals surface area contributed by atoms with Crippen LogP contribution in [0.25, 0.3) is 11.1 Å². The lowest BCUT2D eigenvalue weighted by molar-refractivity contribution is -0.126. The molecule has 3 rings (SSSR count). The second-order valence-corrected chi connectivity index (χ2v) is 7.39. The van der Waals surface area contributed by atoms with E-state index in [1.165, 1.54) is 0 Å². The molecule has 28 heavy (non-hydrogen) atoms. The van der Waals surface area contributed by atoms with Gasteiger partial charge in [0.15, 0.2) is 0 Å². The maximum absolute atomic E-state index is 12.2. The van der Waals surface area contributed by atoms with E-state index in [0.29, 0.717) is 6.04 Å². The molecule has 148 valence electrons. The van der Waals surface area contributed by atoms with E-state index in [1.807, 2.05) is 61.7 Å². The van der Waals surface area contributed by atoms with Crippen LogP contribution in [-0.2, 0) is 4.79 Å². The molecule has 0 unspecified atom stereocenters. The van der Waals surface area contributed by atoms with Gasteiger partial charge in [-0.3, -0.25) is 9.78 Å². The van der Waals surface area contributed by atoms with Crippen molar-refractivity contribution < 1.29 is 4.79 Å². The first kappa shape index (κ1) is 19.9. The summed E-state index contributed by atoms with van der Waals surface area (Å²) in [6.45, 7) is 4.18. The second-order valence-electron chi connectivity index (χ2n) is 7.39. The highest BCUT2D eigenvalue weighted by molar-refractivity contribution is 5.87. The Morgan fingerprint density at radius 2 is 1.89 bits per heavy atom. The number of rotatable bonds is 6. The molecule has 1 fully saturated rings. The van der Waals surface area contributed by atoms with Crippen LogP contribution in [0.4, 0.5) is 5.69 Å². The molecule has 7 nitrogen and oxygen atoms in total. The molecule has 0 aromatic carbocycles. The minimum absolute atomic E-state index is 0.100. The SMILES string of the molecule is Cc1ncc(-c2cncc(NC3CCN(C(=O)/C=C/CN(C)C)CC3)c2)cn1. The lowest BCUT2D eigenvalue weighted by atomic mass is 10.0. The summed E-state index contributed by atoms with van der Waals surface area (Å²) in [7, 11) is 3.98. The molecule has 0 aliphatic carbocycles. The molecule has 2 aromatic heterocycles. The van der Waals surface area contributed by atoms with Crippen molar-refractivity contribution in [2.75, 3.05) is 39.0 Å². The molecular weight excluding hydrogens is 352 g/mol. The van der Waals surface area contributed by atoms with Gasteiger partial charge in [0.25, 0.3) is 0 Å². The Kier molecular flexibility index (Phi) is 6.71. The average molecular weight is 380 g/mol. The lowest BCUT2D eigenvalue weighted by Gasteiger charge is -2.32. The van der Waals surface area contributed by atoms with Crippen molar-refractivity contribution in [2.45, 2.75) is 25.8 Å². The Hall–Kier alpha value is -2.80. The van der Waals surface area contributed by atoms with E-state index in [1.54, 1.807) is 6.08 Å². The number of likely N-dealkylation sites (tertiary alicyclic amines) is 1. The molecule has 0 bridgehead atoms. The zero-order chi connectivity index (χ0) is 19.9. The van der Waals surface area contributed by atoms with Crippen LogP contribution in [0.2, 0.25) is 0 Å². The number of pyridine rings is 1. The Balaban J connectivity index is 1.53. The van der Waals surface area contributed by atoms with Crippen LogP contribution in [0.3, 0.4) is 0 Å². The third-order valence-corrected chi connectivity index (χ3v) is 4.76. The summed E-state index contributed by atoms with van der Waals surface area (Å²) in [5, 5.41) is 3.55. The first-order chi connectivity index (χ1) is 13.5. The van der Waals surface area contributed by atoms with Gasteiger partial charge in [-0.15, -0.1) is 0 Å². The van der Waals surface area contributed by atoms with Crippen LogP contribution < -0.4 is 5.32 Å². The number of piperidine rings is 1. The fourth-order valence-electron chi connectivity index (χ4n) is 3.17. The van der Waals surface area contributed by atoms with Gasteiger partial charge in [0.05, 0.1) is 5.69 Å². The Morgan fingerprint density at radius 1 is 1.18 bits per heavy atom. The smallest absolute Gasteiger partial charge is 0.246 e. The van der Waals surface area contributed by atoms with Crippen LogP contribution in [-0.4, -0.2) is 70.4 Å². The van der Waals surface area contributed by atoms with Gasteiger partial charge in [0, 0.05) is 67.7 Å². The maximum Gasteiger partial charge on any atom is 0.246 e. The number of amides is 1. The maximum atomic E-state index is 12.2. The number of carbonyl (C=O) groups excluding carboxylic acids is 1. The monoisotopic (exact) mass is 380 g/mol. The molecule has 2 aromatic rings. The molecular formula is C21H28N6O. The van der Waals surface area contributed by atoms with E-state index < -0.39 is 0 Å². The molecule has 3 heterocycles. The average Bonchev–Trinajstić information content (AvgIpc) is 2.69. The van der Waals surface area contributed by atoms with Crippen molar-refractivity contribution in [3.8, 4) is 11.1 Å². The largest absolute Gasteiger partial charge is 0.381 e. The number of likely N-dealkylation sites (N-methyl/N-ethyl adjacent to an activating group) is 1. The van der Waals surface area contributed by atoms with Gasteiger partial charge < -0.3 is 15.1 Å². The Morgan fingerprint density at radius 3 is 2.57 bits per heavy atom. The van der Waals surface area contributed by atoms with Crippen LogP contribution in [0.1, 0.15) is 18.7 Å². The number of carbonyl (C=O) groups is 1. The van der Waals surface area contributed by atoms with Gasteiger partial charge in [-0.05, 0) is 39.9 Å². The predicted octanol–water partition coefficient (Wildman–Crippen LogP) is 2.37. The highest BCUT2D eigenvalue weighted by Crippen LogP contribution is 2.22. The molecule has 7 heteroatoms. The summed E-state index contributed by atoms with van der Waals surface area (Å²) in [6.07, 6.45) is 12.7. The molecule has 1 N–H and O–H groups in total. The molecule has 1 saturated heterocycles. The third-order valence-electron chi connectivity index (χ3n) is 4.76. The highest BCUT2D eigenvalue weighted by Gasteiger charge is 2.21. The van der Waals surface area contributed by atoms with Crippen LogP contribution >= 0.6 is 0 Å². The van der Waals surface area contributed by atoms with Gasteiger partial charge in [-0.2, -0.15) is 0 Å². The quantitative estimate of drug-likeness (QED) is 0.776. The Bertz CT molecular complexity index is 810. The number of anilines is 1. The Labute approximate surface area is 166 Å². The van der Waals surface area contributed by atoms with E-state index >= 15 is 0 Å². The second kappa shape index (κ2) is 9.41. The fraction of sp³-hybridized carbons (Fsp3) is 0.429. The van der Waals surface area contributed by atoms with Gasteiger partial charge in [0.1, 0.15) is 5.82 Å². The summed E-state index contributed by atoms with van der Waals surface area (Å²) in [4.78, 5) is 29.0. The van der Waals surface area contributed by atoms with Crippen molar-refractivity contribution in [3.63, 3.8) is 0 Å². The van der Waals surface area contributed by atoms with Crippen molar-refractivity contribution in [3.05, 3.63) is 48.8 Å². The van der Waals surface area contributed by atoms with Gasteiger partial charge in [0.2, 0.25) is 5.91 Å². The number of nitrogens with one attached hydrogen (secondary N) is 1. The standard InChI is InChI=1S/C21H28N6O/c1-16-23-13-18(14-24-16)17-11-20(15-22-12-17)25-19-6-9-27(10-7-19)21(28)5-4-8-26(2)3/h4-5,11-15,19,25H,6-10H2,1-3H3/b5-4+. The molecule has 0 saturated carbocycles. The van der Waals surface area contributed by atoms with Crippen molar-refractivity contribution in [2.24, 2.45) is 0 Å². The van der Waals surface area contributed by atoms with Crippen LogP contribution in [0.5, 0.6) is 0 Å². The summed E-state index contributed by atoms with van der Waals surface area (Å²) in [6, 6.07) is 2.41. The summed E-state index contributed by atoms with van der Waals surface area (Å²) in [5.41, 5.74) is 2.92. The van der Waals surface area contributed by atoms with Gasteiger partial charge >= 0.3 is 0 Å². The number of hydrogen-bond donors (Lipinski definition) is 1. The number of aromatic nitrogens is 3. The zero-order valence-electron chi connectivity index (χ0n) is 16.8. The fourth-order valence-corrected chi connectivity index (χ4v) is 3.17.